The molecule has 100 valence electrons. The molecular formula is C13H13NO5. The van der Waals surface area contributed by atoms with Crippen molar-refractivity contribution >= 4 is 17.5 Å². The predicted molar refractivity (Wildman–Crippen MR) is 65.1 cm³/mol. The van der Waals surface area contributed by atoms with Gasteiger partial charge in [0.2, 0.25) is 11.6 Å². The van der Waals surface area contributed by atoms with Gasteiger partial charge in [-0.3, -0.25) is 9.59 Å². The lowest BCUT2D eigenvalue weighted by atomic mass is 9.94. The lowest BCUT2D eigenvalue weighted by Gasteiger charge is -2.14. The van der Waals surface area contributed by atoms with E-state index in [1.165, 1.54) is 20.1 Å². The zero-order valence-corrected chi connectivity index (χ0v) is 10.8. The highest BCUT2D eigenvalue weighted by Gasteiger charge is 2.34. The topological polar surface area (TPSA) is 85.5 Å². The summed E-state index contributed by atoms with van der Waals surface area (Å²) in [6.45, 7) is 3.39. The van der Waals surface area contributed by atoms with Crippen LogP contribution in [-0.4, -0.2) is 36.2 Å². The zero-order chi connectivity index (χ0) is 14.2. The molecule has 0 atom stereocenters. The summed E-state index contributed by atoms with van der Waals surface area (Å²) < 4.78 is 9.76. The molecule has 1 aromatic rings. The van der Waals surface area contributed by atoms with E-state index < -0.39 is 11.8 Å². The van der Waals surface area contributed by atoms with Gasteiger partial charge in [-0.25, -0.2) is 4.79 Å². The van der Waals surface area contributed by atoms with E-state index in [0.717, 1.165) is 0 Å². The summed E-state index contributed by atoms with van der Waals surface area (Å²) in [4.78, 5) is 38.4. The molecule has 0 fully saturated rings. The molecule has 0 spiro atoms. The van der Waals surface area contributed by atoms with Gasteiger partial charge >= 0.3 is 5.97 Å². The molecule has 0 saturated heterocycles. The molecule has 1 aromatic heterocycles. The number of allylic oxidation sites excluding steroid dienone is 2. The maximum Gasteiger partial charge on any atom is 0.354 e. The molecule has 0 aromatic carbocycles. The van der Waals surface area contributed by atoms with Gasteiger partial charge < -0.3 is 14.5 Å². The number of rotatable bonds is 3. The summed E-state index contributed by atoms with van der Waals surface area (Å²) in [6.07, 6.45) is 0. The van der Waals surface area contributed by atoms with Crippen LogP contribution in [-0.2, 0) is 9.47 Å². The summed E-state index contributed by atoms with van der Waals surface area (Å²) >= 11 is 0. The SMILES string of the molecule is CCOC(=O)c1cc2c([nH]1)C(=O)C(C)=C(OC)C2=O. The van der Waals surface area contributed by atoms with Gasteiger partial charge in [0.15, 0.2) is 5.76 Å². The zero-order valence-electron chi connectivity index (χ0n) is 10.8. The first-order valence-corrected chi connectivity index (χ1v) is 5.75. The van der Waals surface area contributed by atoms with Crippen LogP contribution < -0.4 is 0 Å². The number of ether oxygens (including phenoxy) is 2. The molecule has 1 heterocycles. The molecule has 1 aliphatic rings. The van der Waals surface area contributed by atoms with Crippen LogP contribution in [0.3, 0.4) is 0 Å². The number of carbonyl (C=O) groups is 3. The number of esters is 1. The van der Waals surface area contributed by atoms with Gasteiger partial charge in [-0.1, -0.05) is 0 Å². The molecule has 6 nitrogen and oxygen atoms in total. The van der Waals surface area contributed by atoms with Crippen molar-refractivity contribution in [1.82, 2.24) is 4.98 Å². The van der Waals surface area contributed by atoms with Crippen molar-refractivity contribution in [2.24, 2.45) is 0 Å². The monoisotopic (exact) mass is 263 g/mol. The van der Waals surface area contributed by atoms with E-state index in [1.54, 1.807) is 6.92 Å². The fraction of sp³-hybridized carbons (Fsp3) is 0.308. The number of aromatic nitrogens is 1. The Labute approximate surface area is 109 Å². The highest BCUT2D eigenvalue weighted by molar-refractivity contribution is 6.25. The van der Waals surface area contributed by atoms with Crippen LogP contribution >= 0.6 is 0 Å². The first kappa shape index (κ1) is 13.1. The van der Waals surface area contributed by atoms with Crippen LogP contribution in [0.5, 0.6) is 0 Å². The van der Waals surface area contributed by atoms with Gasteiger partial charge in [0.25, 0.3) is 0 Å². The minimum Gasteiger partial charge on any atom is -0.492 e. The fourth-order valence-electron chi connectivity index (χ4n) is 1.96. The van der Waals surface area contributed by atoms with Gasteiger partial charge in [-0.15, -0.1) is 0 Å². The smallest absolute Gasteiger partial charge is 0.354 e. The number of hydrogen-bond acceptors (Lipinski definition) is 5. The lowest BCUT2D eigenvalue weighted by molar-refractivity contribution is 0.0520. The number of ketones is 2. The molecule has 0 bridgehead atoms. The molecule has 6 heteroatoms. The van der Waals surface area contributed by atoms with Gasteiger partial charge in [-0.05, 0) is 19.9 Å². The van der Waals surface area contributed by atoms with Crippen molar-refractivity contribution in [2.45, 2.75) is 13.8 Å². The maximum atomic E-state index is 12.1. The highest BCUT2D eigenvalue weighted by atomic mass is 16.5. The Hall–Kier alpha value is -2.37. The molecule has 0 aliphatic heterocycles. The summed E-state index contributed by atoms with van der Waals surface area (Å²) in [5, 5.41) is 0. The summed E-state index contributed by atoms with van der Waals surface area (Å²) in [7, 11) is 1.33. The Morgan fingerprint density at radius 3 is 2.58 bits per heavy atom. The quantitative estimate of drug-likeness (QED) is 0.835. The summed E-state index contributed by atoms with van der Waals surface area (Å²) in [5.41, 5.74) is 0.540. The summed E-state index contributed by atoms with van der Waals surface area (Å²) in [5.74, 6) is -1.37. The van der Waals surface area contributed by atoms with Gasteiger partial charge in [0.05, 0.1) is 25.0 Å². The number of methoxy groups -OCH3 is 1. The number of aromatic amines is 1. The van der Waals surface area contributed by atoms with Crippen molar-refractivity contribution in [3.05, 3.63) is 34.3 Å². The van der Waals surface area contributed by atoms with Gasteiger partial charge in [0.1, 0.15) is 5.69 Å². The molecule has 0 radical (unpaired) electrons. The van der Waals surface area contributed by atoms with E-state index in [4.69, 9.17) is 9.47 Å². The Morgan fingerprint density at radius 1 is 1.32 bits per heavy atom. The number of hydrogen-bond donors (Lipinski definition) is 1. The Morgan fingerprint density at radius 2 is 2.00 bits per heavy atom. The van der Waals surface area contributed by atoms with E-state index in [0.29, 0.717) is 0 Å². The van der Waals surface area contributed by atoms with E-state index in [-0.39, 0.29) is 40.7 Å². The van der Waals surface area contributed by atoms with E-state index >= 15 is 0 Å². The van der Waals surface area contributed by atoms with Crippen molar-refractivity contribution in [3.63, 3.8) is 0 Å². The number of carbonyl (C=O) groups excluding carboxylic acids is 3. The van der Waals surface area contributed by atoms with E-state index in [9.17, 15) is 14.4 Å². The number of H-pyrrole nitrogens is 1. The van der Waals surface area contributed by atoms with Crippen LogP contribution in [0, 0.1) is 0 Å². The van der Waals surface area contributed by atoms with Gasteiger partial charge in [-0.2, -0.15) is 0 Å². The number of nitrogens with one attached hydrogen (secondary N) is 1. The fourth-order valence-corrected chi connectivity index (χ4v) is 1.96. The van der Waals surface area contributed by atoms with E-state index in [1.807, 2.05) is 0 Å². The van der Waals surface area contributed by atoms with Crippen molar-refractivity contribution < 1.29 is 23.9 Å². The average Bonchev–Trinajstić information content (AvgIpc) is 2.82. The standard InChI is InChI=1S/C13H13NO5/c1-4-19-13(17)8-5-7-9(14-8)10(15)6(2)12(18-3)11(7)16/h5,14H,4H2,1-3H3. The van der Waals surface area contributed by atoms with Crippen LogP contribution in [0.4, 0.5) is 0 Å². The molecular weight excluding hydrogens is 250 g/mol. The molecule has 0 amide bonds. The third-order valence-corrected chi connectivity index (χ3v) is 2.88. The minimum atomic E-state index is -0.603. The van der Waals surface area contributed by atoms with Gasteiger partial charge in [0, 0.05) is 5.57 Å². The average molecular weight is 263 g/mol. The predicted octanol–water partition coefficient (Wildman–Crippen LogP) is 1.49. The molecule has 0 saturated carbocycles. The van der Waals surface area contributed by atoms with Crippen LogP contribution in [0.25, 0.3) is 0 Å². The first-order valence-electron chi connectivity index (χ1n) is 5.75. The Balaban J connectivity index is 2.49. The molecule has 19 heavy (non-hydrogen) atoms. The van der Waals surface area contributed by atoms with Crippen LogP contribution in [0.1, 0.15) is 45.2 Å². The molecule has 2 rings (SSSR count). The molecule has 1 aliphatic carbocycles. The second-order valence-electron chi connectivity index (χ2n) is 4.01. The summed E-state index contributed by atoms with van der Waals surface area (Å²) in [6, 6.07) is 1.32. The first-order chi connectivity index (χ1) is 9.01. The van der Waals surface area contributed by atoms with E-state index in [2.05, 4.69) is 4.98 Å². The third-order valence-electron chi connectivity index (χ3n) is 2.88. The third kappa shape index (κ3) is 1.95. The lowest BCUT2D eigenvalue weighted by Crippen LogP contribution is -2.21. The highest BCUT2D eigenvalue weighted by Crippen LogP contribution is 2.27. The Bertz CT molecular complexity index is 609. The molecule has 0 unspecified atom stereocenters. The second kappa shape index (κ2) is 4.72. The van der Waals surface area contributed by atoms with Crippen molar-refractivity contribution in [2.75, 3.05) is 13.7 Å². The normalized spacial score (nSPS) is 14.5. The second-order valence-corrected chi connectivity index (χ2v) is 4.01. The van der Waals surface area contributed by atoms with Crippen molar-refractivity contribution in [3.8, 4) is 0 Å². The van der Waals surface area contributed by atoms with Crippen molar-refractivity contribution in [1.29, 1.82) is 0 Å². The van der Waals surface area contributed by atoms with Crippen LogP contribution in [0.15, 0.2) is 17.4 Å². The Kier molecular flexibility index (Phi) is 3.25. The number of Topliss-reactive ketones (excluding diaryl/α,β-unsaturated/α-hetero) is 2. The molecule has 1 N–H and O–H groups in total. The van der Waals surface area contributed by atoms with Crippen LogP contribution in [0.2, 0.25) is 0 Å². The minimum absolute atomic E-state index is 0.00640. The largest absolute Gasteiger partial charge is 0.492 e. The maximum absolute atomic E-state index is 12.1. The number of fused-ring (bicyclic) bond motifs is 1.